The molecule has 0 saturated heterocycles. The summed E-state index contributed by atoms with van der Waals surface area (Å²) < 4.78 is 0. The largest absolute Gasteiger partial charge is 2.00 e. The molecule has 0 radical (unpaired) electrons. The molecule has 0 fully saturated rings. The van der Waals surface area contributed by atoms with Crippen LogP contribution >= 0.6 is 0 Å². The summed E-state index contributed by atoms with van der Waals surface area (Å²) in [6, 6.07) is 5.96. The minimum atomic E-state index is -0.878. The van der Waals surface area contributed by atoms with Crippen LogP contribution in [0, 0.1) is 20.8 Å². The molecular weight excluding hydrogens is 606 g/mol. The zero-order valence-corrected chi connectivity index (χ0v) is 29.6. The molecule has 0 aliphatic carbocycles. The van der Waals surface area contributed by atoms with Gasteiger partial charge in [-0.1, -0.05) is 54.3 Å². The second-order valence-electron chi connectivity index (χ2n) is 11.4. The number of allylic oxidation sites excluding steroid dienone is 4. The Bertz CT molecular complexity index is 1910. The van der Waals surface area contributed by atoms with Crippen molar-refractivity contribution >= 4 is 56.3 Å². The normalized spacial score (nSPS) is 13.0. The molecule has 3 aromatic rings. The maximum atomic E-state index is 11.6. The molecule has 5 heterocycles. The van der Waals surface area contributed by atoms with Gasteiger partial charge in [-0.15, -0.1) is 22.1 Å². The fourth-order valence-electron chi connectivity index (χ4n) is 6.40. The van der Waals surface area contributed by atoms with Gasteiger partial charge in [0.1, 0.15) is 0 Å². The molecule has 8 bridgehead atoms. The number of rotatable bonds is 8. The molecule has 3 aromatic heterocycles. The molecule has 2 aliphatic rings. The number of nitrogens with zero attached hydrogens (tertiary/aromatic N) is 4. The summed E-state index contributed by atoms with van der Waals surface area (Å²) in [6.45, 7) is 14.4. The van der Waals surface area contributed by atoms with E-state index in [1.807, 2.05) is 32.9 Å². The van der Waals surface area contributed by atoms with Crippen LogP contribution in [0.1, 0.15) is 104 Å². The second-order valence-corrected chi connectivity index (χ2v) is 11.4. The Morgan fingerprint density at radius 2 is 1.23 bits per heavy atom. The first-order valence-corrected chi connectivity index (χ1v) is 14.9. The summed E-state index contributed by atoms with van der Waals surface area (Å²) in [5.41, 5.74) is 15.4. The minimum Gasteiger partial charge on any atom is -0.657 e. The number of hydrogen-bond donors (Lipinski definition) is 2. The van der Waals surface area contributed by atoms with Gasteiger partial charge in [-0.25, -0.2) is 9.97 Å². The Morgan fingerprint density at radius 3 is 1.86 bits per heavy atom. The standard InChI is InChI=1S/C35H40N4O4.Zn/c1-8-22-17(3)26-14-27-19(5)24(10-12-32(40)41)30(37-27)16-31-25(11-13-33(42)43)20(6)34(39-31)21(7)35-23(9-2)18(4)28(38-35)15-29(22)36-26;/h14-16H,8-13H2,1-7H3,(H4,36,37,38,39,40,41,42,43);/q;+2/p-2. The van der Waals surface area contributed by atoms with Crippen molar-refractivity contribution in [2.45, 2.75) is 87.0 Å². The van der Waals surface area contributed by atoms with E-state index < -0.39 is 11.9 Å². The summed E-state index contributed by atoms with van der Waals surface area (Å²) in [4.78, 5) is 43.4. The van der Waals surface area contributed by atoms with Gasteiger partial charge in [0.15, 0.2) is 0 Å². The first kappa shape index (κ1) is 33.1. The van der Waals surface area contributed by atoms with Crippen LogP contribution < -0.4 is 9.97 Å². The van der Waals surface area contributed by atoms with Crippen LogP contribution in [0.15, 0.2) is 18.2 Å². The first-order valence-electron chi connectivity index (χ1n) is 14.9. The van der Waals surface area contributed by atoms with Crippen molar-refractivity contribution in [3.05, 3.63) is 68.8 Å². The zero-order chi connectivity index (χ0) is 31.2. The van der Waals surface area contributed by atoms with Gasteiger partial charge in [0.05, 0.1) is 22.8 Å². The van der Waals surface area contributed by atoms with Crippen LogP contribution in [0.5, 0.6) is 0 Å². The van der Waals surface area contributed by atoms with Crippen molar-refractivity contribution < 1.29 is 39.3 Å². The second kappa shape index (κ2) is 13.0. The third-order valence-electron chi connectivity index (χ3n) is 8.89. The molecule has 5 rings (SSSR count). The third-order valence-corrected chi connectivity index (χ3v) is 8.89. The molecule has 0 amide bonds. The van der Waals surface area contributed by atoms with E-state index in [1.54, 1.807) is 0 Å². The van der Waals surface area contributed by atoms with Gasteiger partial charge in [0.2, 0.25) is 0 Å². The summed E-state index contributed by atoms with van der Waals surface area (Å²) >= 11 is 0. The first-order chi connectivity index (χ1) is 20.4. The summed E-state index contributed by atoms with van der Waals surface area (Å²) in [5, 5.41) is 19.0. The van der Waals surface area contributed by atoms with E-state index in [-0.39, 0.29) is 32.3 Å². The number of carboxylic acid groups (broad SMARTS) is 2. The SMILES string of the molecule is CCC1=C(C)c2cc3[n-]c(cc4nc(cc5[n-]c(c(C)c1n2)c(C)c5CCC(=O)O)C(CCC(=O)O)=C4C)c(C)c3CC.[Zn+2]. The van der Waals surface area contributed by atoms with E-state index in [4.69, 9.17) is 19.9 Å². The smallest absolute Gasteiger partial charge is 0.657 e. The minimum absolute atomic E-state index is 0. The molecule has 0 spiro atoms. The molecule has 0 aromatic carbocycles. The molecule has 0 unspecified atom stereocenters. The molecule has 0 atom stereocenters. The van der Waals surface area contributed by atoms with Crippen LogP contribution in [0.25, 0.3) is 44.4 Å². The van der Waals surface area contributed by atoms with Crippen molar-refractivity contribution in [2.75, 3.05) is 0 Å². The Labute approximate surface area is 270 Å². The van der Waals surface area contributed by atoms with Gasteiger partial charge in [-0.05, 0) is 88.2 Å². The summed E-state index contributed by atoms with van der Waals surface area (Å²) in [7, 11) is 0. The molecular formula is C35H38N4O4Zn. The number of hydrogen-bond acceptors (Lipinski definition) is 4. The van der Waals surface area contributed by atoms with E-state index in [0.717, 1.165) is 91.0 Å². The van der Waals surface area contributed by atoms with Gasteiger partial charge in [-0.3, -0.25) is 9.59 Å². The maximum Gasteiger partial charge on any atom is 2.00 e. The summed E-state index contributed by atoms with van der Waals surface area (Å²) in [5.74, 6) is -1.75. The zero-order valence-electron chi connectivity index (χ0n) is 26.7. The van der Waals surface area contributed by atoms with E-state index in [9.17, 15) is 19.8 Å². The number of carbonyl (C=O) groups is 2. The van der Waals surface area contributed by atoms with E-state index in [0.29, 0.717) is 24.1 Å². The van der Waals surface area contributed by atoms with Crippen LogP contribution in [-0.4, -0.2) is 32.1 Å². The van der Waals surface area contributed by atoms with E-state index in [1.165, 1.54) is 5.56 Å². The van der Waals surface area contributed by atoms with E-state index in [2.05, 4.69) is 33.8 Å². The predicted molar refractivity (Wildman–Crippen MR) is 171 cm³/mol. The van der Waals surface area contributed by atoms with E-state index >= 15 is 0 Å². The maximum absolute atomic E-state index is 11.6. The van der Waals surface area contributed by atoms with Gasteiger partial charge < -0.3 is 20.2 Å². The monoisotopic (exact) mass is 642 g/mol. The Morgan fingerprint density at radius 1 is 0.659 bits per heavy atom. The number of aromatic nitrogens is 4. The summed E-state index contributed by atoms with van der Waals surface area (Å²) in [6.07, 6.45) is 2.22. The molecule has 0 saturated carbocycles. The van der Waals surface area contributed by atoms with Crippen molar-refractivity contribution in [1.29, 1.82) is 0 Å². The molecule has 9 heteroatoms. The van der Waals surface area contributed by atoms with Crippen LogP contribution in [0.3, 0.4) is 0 Å². The average Bonchev–Trinajstić information content (AvgIpc) is 3.63. The average molecular weight is 644 g/mol. The fourth-order valence-corrected chi connectivity index (χ4v) is 6.40. The molecule has 224 valence electrons. The molecule has 44 heavy (non-hydrogen) atoms. The Kier molecular flexibility index (Phi) is 9.79. The third kappa shape index (κ3) is 5.94. The van der Waals surface area contributed by atoms with Crippen molar-refractivity contribution in [3.8, 4) is 0 Å². The fraction of sp³-hybridized carbons (Fsp3) is 0.371. The van der Waals surface area contributed by atoms with Gasteiger partial charge in [0.25, 0.3) is 0 Å². The van der Waals surface area contributed by atoms with Crippen molar-refractivity contribution in [2.24, 2.45) is 0 Å². The van der Waals surface area contributed by atoms with Crippen LogP contribution in [0.4, 0.5) is 0 Å². The van der Waals surface area contributed by atoms with Crippen LogP contribution in [0.2, 0.25) is 0 Å². The van der Waals surface area contributed by atoms with Crippen molar-refractivity contribution in [1.82, 2.24) is 19.9 Å². The number of aliphatic carboxylic acids is 2. The van der Waals surface area contributed by atoms with Crippen molar-refractivity contribution in [3.63, 3.8) is 0 Å². The Balaban J connectivity index is 0.00000442. The van der Waals surface area contributed by atoms with Gasteiger partial charge in [-0.2, -0.15) is 0 Å². The Hall–Kier alpha value is -3.84. The molecule has 8 nitrogen and oxygen atoms in total. The number of fused-ring (bicyclic) bond motifs is 8. The molecule has 2 aliphatic heterocycles. The molecule has 2 N–H and O–H groups in total. The number of carboxylic acids is 2. The van der Waals surface area contributed by atoms with Crippen LogP contribution in [-0.2, 0) is 41.9 Å². The van der Waals surface area contributed by atoms with Gasteiger partial charge in [0, 0.05) is 12.8 Å². The van der Waals surface area contributed by atoms with Gasteiger partial charge >= 0.3 is 31.4 Å². The number of aryl methyl sites for hydroxylation is 5. The predicted octanol–water partition coefficient (Wildman–Crippen LogP) is 7.21. The topological polar surface area (TPSA) is 129 Å². The quantitative estimate of drug-likeness (QED) is 0.246.